The van der Waals surface area contributed by atoms with Crippen LogP contribution in [0.3, 0.4) is 0 Å². The molecular formula is C17H27ClN6O. The Hall–Kier alpha value is -1.57. The SMILES string of the molecule is Cc1nn(C)c(N2CCOCC2)c1CNC1CCc2nccn2C1.Cl. The van der Waals surface area contributed by atoms with Crippen LogP contribution in [0.5, 0.6) is 0 Å². The minimum Gasteiger partial charge on any atom is -0.378 e. The third kappa shape index (κ3) is 3.68. The molecule has 138 valence electrons. The Morgan fingerprint density at radius 3 is 2.92 bits per heavy atom. The van der Waals surface area contributed by atoms with E-state index in [1.165, 1.54) is 17.2 Å². The third-order valence-electron chi connectivity index (χ3n) is 5.13. The number of hydrogen-bond donors (Lipinski definition) is 1. The maximum atomic E-state index is 5.49. The van der Waals surface area contributed by atoms with E-state index in [-0.39, 0.29) is 12.4 Å². The second-order valence-corrected chi connectivity index (χ2v) is 6.72. The highest BCUT2D eigenvalue weighted by molar-refractivity contribution is 5.85. The van der Waals surface area contributed by atoms with Crippen molar-refractivity contribution >= 4 is 18.2 Å². The number of imidazole rings is 1. The largest absolute Gasteiger partial charge is 0.378 e. The van der Waals surface area contributed by atoms with Crippen molar-refractivity contribution in [1.82, 2.24) is 24.6 Å². The van der Waals surface area contributed by atoms with Crippen LogP contribution < -0.4 is 10.2 Å². The first kappa shape index (κ1) is 18.2. The van der Waals surface area contributed by atoms with Crippen LogP contribution in [-0.4, -0.2) is 51.7 Å². The topological polar surface area (TPSA) is 60.1 Å². The van der Waals surface area contributed by atoms with Crippen molar-refractivity contribution in [2.45, 2.75) is 38.9 Å². The van der Waals surface area contributed by atoms with Crippen LogP contribution in [0.2, 0.25) is 0 Å². The Kier molecular flexibility index (Phi) is 5.66. The van der Waals surface area contributed by atoms with Gasteiger partial charge in [0.05, 0.1) is 18.9 Å². The summed E-state index contributed by atoms with van der Waals surface area (Å²) in [5, 5.41) is 8.40. The highest BCUT2D eigenvalue weighted by Gasteiger charge is 2.23. The molecular weight excluding hydrogens is 340 g/mol. The molecule has 1 unspecified atom stereocenters. The number of hydrogen-bond acceptors (Lipinski definition) is 5. The number of aromatic nitrogens is 4. The fraction of sp³-hybridized carbons (Fsp3) is 0.647. The summed E-state index contributed by atoms with van der Waals surface area (Å²) in [6.45, 7) is 7.44. The Bertz CT molecular complexity index is 706. The molecule has 8 heteroatoms. The van der Waals surface area contributed by atoms with Crippen LogP contribution in [0.1, 0.15) is 23.5 Å². The lowest BCUT2D eigenvalue weighted by atomic mass is 10.1. The van der Waals surface area contributed by atoms with Crippen LogP contribution in [0.4, 0.5) is 5.82 Å². The van der Waals surface area contributed by atoms with E-state index in [1.807, 2.05) is 17.9 Å². The van der Waals surface area contributed by atoms with Crippen molar-refractivity contribution in [2.75, 3.05) is 31.2 Å². The van der Waals surface area contributed by atoms with Crippen LogP contribution in [-0.2, 0) is 31.3 Å². The fourth-order valence-electron chi connectivity index (χ4n) is 3.85. The number of fused-ring (bicyclic) bond motifs is 1. The average molecular weight is 367 g/mol. The zero-order valence-electron chi connectivity index (χ0n) is 14.9. The molecule has 0 saturated carbocycles. The van der Waals surface area contributed by atoms with Gasteiger partial charge in [0, 0.05) is 63.6 Å². The van der Waals surface area contributed by atoms with Gasteiger partial charge in [0.2, 0.25) is 0 Å². The molecule has 2 aliphatic rings. The molecule has 0 aliphatic carbocycles. The van der Waals surface area contributed by atoms with Crippen molar-refractivity contribution < 1.29 is 4.74 Å². The number of halogens is 1. The normalized spacial score (nSPS) is 20.2. The first-order valence-electron chi connectivity index (χ1n) is 8.81. The van der Waals surface area contributed by atoms with E-state index >= 15 is 0 Å². The second kappa shape index (κ2) is 7.76. The summed E-state index contributed by atoms with van der Waals surface area (Å²) in [4.78, 5) is 6.80. The average Bonchev–Trinajstić information content (AvgIpc) is 3.17. The molecule has 0 amide bonds. The molecule has 4 heterocycles. The molecule has 2 aromatic rings. The van der Waals surface area contributed by atoms with Gasteiger partial charge in [0.25, 0.3) is 0 Å². The molecule has 2 aliphatic heterocycles. The van der Waals surface area contributed by atoms with Gasteiger partial charge >= 0.3 is 0 Å². The van der Waals surface area contributed by atoms with E-state index in [4.69, 9.17) is 4.74 Å². The standard InChI is InChI=1S/C17H26N6O.ClH/c1-13-15(17(21(2)20-13)22-7-9-24-10-8-22)11-19-14-3-4-16-18-5-6-23(16)12-14;/h5-6,14,19H,3-4,7-12H2,1-2H3;1H. The maximum absolute atomic E-state index is 5.49. The van der Waals surface area contributed by atoms with Gasteiger partial charge in [-0.15, -0.1) is 12.4 Å². The van der Waals surface area contributed by atoms with Crippen molar-refractivity contribution in [3.05, 3.63) is 29.5 Å². The number of aryl methyl sites for hydroxylation is 3. The molecule has 4 rings (SSSR count). The fourth-order valence-corrected chi connectivity index (χ4v) is 3.85. The first-order chi connectivity index (χ1) is 11.7. The molecule has 1 saturated heterocycles. The van der Waals surface area contributed by atoms with Crippen molar-refractivity contribution in [3.8, 4) is 0 Å². The zero-order valence-corrected chi connectivity index (χ0v) is 15.8. The third-order valence-corrected chi connectivity index (χ3v) is 5.13. The first-order valence-corrected chi connectivity index (χ1v) is 8.81. The summed E-state index contributed by atoms with van der Waals surface area (Å²) in [5.74, 6) is 2.45. The van der Waals surface area contributed by atoms with Gasteiger partial charge < -0.3 is 19.5 Å². The van der Waals surface area contributed by atoms with Crippen molar-refractivity contribution in [3.63, 3.8) is 0 Å². The quantitative estimate of drug-likeness (QED) is 0.883. The van der Waals surface area contributed by atoms with E-state index in [0.29, 0.717) is 6.04 Å². The van der Waals surface area contributed by atoms with E-state index in [1.54, 1.807) is 0 Å². The lowest BCUT2D eigenvalue weighted by Crippen LogP contribution is -2.39. The lowest BCUT2D eigenvalue weighted by Gasteiger charge is -2.30. The monoisotopic (exact) mass is 366 g/mol. The number of ether oxygens (including phenoxy) is 1. The molecule has 7 nitrogen and oxygen atoms in total. The smallest absolute Gasteiger partial charge is 0.131 e. The highest BCUT2D eigenvalue weighted by atomic mass is 35.5. The Balaban J connectivity index is 0.00000182. The van der Waals surface area contributed by atoms with Crippen molar-refractivity contribution in [2.24, 2.45) is 7.05 Å². The molecule has 1 N–H and O–H groups in total. The maximum Gasteiger partial charge on any atom is 0.131 e. The predicted octanol–water partition coefficient (Wildman–Crippen LogP) is 1.29. The van der Waals surface area contributed by atoms with E-state index in [0.717, 1.165) is 57.9 Å². The number of morpholine rings is 1. The number of nitrogens with one attached hydrogen (secondary N) is 1. The van der Waals surface area contributed by atoms with Gasteiger partial charge in [-0.05, 0) is 13.3 Å². The molecule has 0 bridgehead atoms. The summed E-state index contributed by atoms with van der Waals surface area (Å²) >= 11 is 0. The molecule has 1 atom stereocenters. The Morgan fingerprint density at radius 2 is 2.12 bits per heavy atom. The Morgan fingerprint density at radius 1 is 1.32 bits per heavy atom. The molecule has 0 aromatic carbocycles. The molecule has 2 aromatic heterocycles. The highest BCUT2D eigenvalue weighted by Crippen LogP contribution is 2.24. The molecule has 25 heavy (non-hydrogen) atoms. The summed E-state index contributed by atoms with van der Waals surface area (Å²) < 4.78 is 9.78. The van der Waals surface area contributed by atoms with Crippen LogP contribution in [0, 0.1) is 6.92 Å². The molecule has 0 radical (unpaired) electrons. The minimum atomic E-state index is 0. The van der Waals surface area contributed by atoms with Crippen LogP contribution in [0.25, 0.3) is 0 Å². The van der Waals surface area contributed by atoms with Gasteiger partial charge in [-0.1, -0.05) is 0 Å². The minimum absolute atomic E-state index is 0. The van der Waals surface area contributed by atoms with E-state index in [9.17, 15) is 0 Å². The number of anilines is 1. The summed E-state index contributed by atoms with van der Waals surface area (Å²) in [6.07, 6.45) is 6.17. The second-order valence-electron chi connectivity index (χ2n) is 6.72. The summed E-state index contributed by atoms with van der Waals surface area (Å²) in [5.41, 5.74) is 2.43. The Labute approximate surface area is 154 Å². The predicted molar refractivity (Wildman–Crippen MR) is 99.4 cm³/mol. The van der Waals surface area contributed by atoms with Crippen LogP contribution >= 0.6 is 12.4 Å². The number of nitrogens with zero attached hydrogens (tertiary/aromatic N) is 5. The van der Waals surface area contributed by atoms with Gasteiger partial charge in [-0.2, -0.15) is 5.10 Å². The van der Waals surface area contributed by atoms with Gasteiger partial charge in [-0.3, -0.25) is 4.68 Å². The number of rotatable bonds is 4. The van der Waals surface area contributed by atoms with Gasteiger partial charge in [0.15, 0.2) is 0 Å². The van der Waals surface area contributed by atoms with Gasteiger partial charge in [0.1, 0.15) is 11.6 Å². The summed E-state index contributed by atoms with van der Waals surface area (Å²) in [7, 11) is 2.04. The van der Waals surface area contributed by atoms with E-state index in [2.05, 4.69) is 38.0 Å². The molecule has 0 spiro atoms. The summed E-state index contributed by atoms with van der Waals surface area (Å²) in [6, 6.07) is 0.490. The zero-order chi connectivity index (χ0) is 16.5. The van der Waals surface area contributed by atoms with Crippen molar-refractivity contribution in [1.29, 1.82) is 0 Å². The molecule has 1 fully saturated rings. The lowest BCUT2D eigenvalue weighted by molar-refractivity contribution is 0.122. The van der Waals surface area contributed by atoms with Gasteiger partial charge in [-0.25, -0.2) is 4.98 Å². The van der Waals surface area contributed by atoms with E-state index < -0.39 is 0 Å². The van der Waals surface area contributed by atoms with Crippen LogP contribution in [0.15, 0.2) is 12.4 Å².